The summed E-state index contributed by atoms with van der Waals surface area (Å²) in [5.41, 5.74) is 2.51. The summed E-state index contributed by atoms with van der Waals surface area (Å²) in [6.07, 6.45) is 0.615. The van der Waals surface area contributed by atoms with Crippen molar-refractivity contribution in [1.29, 1.82) is 0 Å². The van der Waals surface area contributed by atoms with Gasteiger partial charge in [0.05, 0.1) is 18.8 Å². The van der Waals surface area contributed by atoms with E-state index in [4.69, 9.17) is 9.47 Å². The van der Waals surface area contributed by atoms with E-state index in [0.29, 0.717) is 13.2 Å². The number of nitrogens with one attached hydrogen (secondary N) is 2. The first-order valence-electron chi connectivity index (χ1n) is 6.84. The van der Waals surface area contributed by atoms with Gasteiger partial charge in [-0.15, -0.1) is 0 Å². The number of ether oxygens (including phenoxy) is 2. The molecule has 1 aliphatic heterocycles. The van der Waals surface area contributed by atoms with Crippen LogP contribution in [0.1, 0.15) is 11.1 Å². The van der Waals surface area contributed by atoms with Crippen LogP contribution in [0.2, 0.25) is 0 Å². The van der Waals surface area contributed by atoms with Crippen LogP contribution in [-0.4, -0.2) is 45.4 Å². The zero-order valence-electron chi connectivity index (χ0n) is 12.0. The lowest BCUT2D eigenvalue weighted by Crippen LogP contribution is -2.49. The molecular formula is C15H22N2O3. The van der Waals surface area contributed by atoms with Crippen LogP contribution in [0.15, 0.2) is 24.3 Å². The van der Waals surface area contributed by atoms with E-state index in [1.807, 2.05) is 12.1 Å². The van der Waals surface area contributed by atoms with Gasteiger partial charge in [-0.25, -0.2) is 0 Å². The molecule has 1 aromatic carbocycles. The Balaban J connectivity index is 1.85. The lowest BCUT2D eigenvalue weighted by Gasteiger charge is -2.26. The van der Waals surface area contributed by atoms with Gasteiger partial charge in [-0.05, 0) is 17.5 Å². The Kier molecular flexibility index (Phi) is 5.52. The molecule has 0 bridgehead atoms. The highest BCUT2D eigenvalue weighted by molar-refractivity contribution is 5.82. The largest absolute Gasteiger partial charge is 0.382 e. The molecule has 1 heterocycles. The van der Waals surface area contributed by atoms with Gasteiger partial charge in [0.25, 0.3) is 0 Å². The van der Waals surface area contributed by atoms with Gasteiger partial charge in [0.2, 0.25) is 5.91 Å². The number of benzene rings is 1. The van der Waals surface area contributed by atoms with E-state index < -0.39 is 0 Å². The maximum Gasteiger partial charge on any atom is 0.237 e. The highest BCUT2D eigenvalue weighted by Crippen LogP contribution is 2.16. The van der Waals surface area contributed by atoms with Crippen LogP contribution < -0.4 is 10.6 Å². The number of rotatable bonds is 6. The summed E-state index contributed by atoms with van der Waals surface area (Å²) in [4.78, 5) is 12.2. The monoisotopic (exact) mass is 278 g/mol. The zero-order valence-corrected chi connectivity index (χ0v) is 12.0. The fourth-order valence-electron chi connectivity index (χ4n) is 2.37. The van der Waals surface area contributed by atoms with Crippen LogP contribution >= 0.6 is 0 Å². The van der Waals surface area contributed by atoms with Gasteiger partial charge >= 0.3 is 0 Å². The second-order valence-corrected chi connectivity index (χ2v) is 4.96. The number of amides is 1. The van der Waals surface area contributed by atoms with Crippen LogP contribution in [0.4, 0.5) is 0 Å². The summed E-state index contributed by atoms with van der Waals surface area (Å²) < 4.78 is 10.3. The van der Waals surface area contributed by atoms with E-state index in [2.05, 4.69) is 22.8 Å². The highest BCUT2D eigenvalue weighted by Gasteiger charge is 2.24. The molecule has 20 heavy (non-hydrogen) atoms. The minimum Gasteiger partial charge on any atom is -0.382 e. The minimum absolute atomic E-state index is 0.0117. The Hall–Kier alpha value is -1.43. The summed E-state index contributed by atoms with van der Waals surface area (Å²) in [7, 11) is 3.23. The molecule has 0 fully saturated rings. The van der Waals surface area contributed by atoms with Gasteiger partial charge < -0.3 is 20.1 Å². The van der Waals surface area contributed by atoms with Crippen molar-refractivity contribution in [3.63, 3.8) is 0 Å². The third-order valence-corrected chi connectivity index (χ3v) is 3.59. The number of fused-ring (bicyclic) bond motifs is 1. The van der Waals surface area contributed by atoms with E-state index in [0.717, 1.165) is 13.0 Å². The third-order valence-electron chi connectivity index (χ3n) is 3.59. The Bertz CT molecular complexity index is 450. The smallest absolute Gasteiger partial charge is 0.237 e. The van der Waals surface area contributed by atoms with Crippen LogP contribution in [-0.2, 0) is 27.2 Å². The van der Waals surface area contributed by atoms with Crippen molar-refractivity contribution in [2.45, 2.75) is 25.1 Å². The first-order chi connectivity index (χ1) is 9.74. The van der Waals surface area contributed by atoms with Gasteiger partial charge in [-0.1, -0.05) is 24.3 Å². The van der Waals surface area contributed by atoms with Crippen molar-refractivity contribution in [2.75, 3.05) is 27.4 Å². The van der Waals surface area contributed by atoms with Crippen molar-refractivity contribution in [3.8, 4) is 0 Å². The first-order valence-corrected chi connectivity index (χ1v) is 6.84. The van der Waals surface area contributed by atoms with Gasteiger partial charge in [0.15, 0.2) is 0 Å². The molecule has 0 aromatic heterocycles. The molecule has 0 saturated carbocycles. The molecule has 1 amide bonds. The number of methoxy groups -OCH3 is 2. The summed E-state index contributed by atoms with van der Waals surface area (Å²) in [5, 5.41) is 6.18. The fourth-order valence-corrected chi connectivity index (χ4v) is 2.37. The molecule has 2 atom stereocenters. The zero-order chi connectivity index (χ0) is 14.4. The maximum absolute atomic E-state index is 12.2. The molecule has 2 N–H and O–H groups in total. The number of carbonyl (C=O) groups is 1. The van der Waals surface area contributed by atoms with Crippen molar-refractivity contribution in [2.24, 2.45) is 0 Å². The highest BCUT2D eigenvalue weighted by atomic mass is 16.5. The quantitative estimate of drug-likeness (QED) is 0.794. The van der Waals surface area contributed by atoms with Crippen LogP contribution in [0.3, 0.4) is 0 Å². The lowest BCUT2D eigenvalue weighted by molar-refractivity contribution is -0.124. The normalized spacial score (nSPS) is 19.2. The van der Waals surface area contributed by atoms with Gasteiger partial charge in [-0.2, -0.15) is 0 Å². The summed E-state index contributed by atoms with van der Waals surface area (Å²) in [5.74, 6) is 0.0117. The molecule has 2 unspecified atom stereocenters. The average molecular weight is 278 g/mol. The van der Waals surface area contributed by atoms with E-state index in [9.17, 15) is 4.79 Å². The molecule has 0 spiro atoms. The van der Waals surface area contributed by atoms with E-state index in [1.165, 1.54) is 11.1 Å². The van der Waals surface area contributed by atoms with E-state index in [-0.39, 0.29) is 18.1 Å². The Labute approximate surface area is 119 Å². The molecule has 0 radical (unpaired) electrons. The molecule has 0 aliphatic carbocycles. The predicted octanol–water partition coefficient (Wildman–Crippen LogP) is 0.479. The number of hydrogen-bond acceptors (Lipinski definition) is 4. The molecule has 1 aliphatic rings. The van der Waals surface area contributed by atoms with Crippen molar-refractivity contribution < 1.29 is 14.3 Å². The molecule has 110 valence electrons. The third kappa shape index (κ3) is 3.79. The molecular weight excluding hydrogens is 256 g/mol. The summed E-state index contributed by atoms with van der Waals surface area (Å²) in [6, 6.07) is 8.04. The van der Waals surface area contributed by atoms with E-state index >= 15 is 0 Å². The van der Waals surface area contributed by atoms with E-state index in [1.54, 1.807) is 14.2 Å². The van der Waals surface area contributed by atoms with Crippen molar-refractivity contribution in [1.82, 2.24) is 10.6 Å². The van der Waals surface area contributed by atoms with Crippen LogP contribution in [0, 0.1) is 0 Å². The number of carbonyl (C=O) groups excluding carboxylic acids is 1. The Morgan fingerprint density at radius 3 is 2.85 bits per heavy atom. The molecule has 0 saturated heterocycles. The molecule has 5 heteroatoms. The van der Waals surface area contributed by atoms with Crippen LogP contribution in [0.5, 0.6) is 0 Å². The first kappa shape index (κ1) is 15.0. The molecule has 1 aromatic rings. The fraction of sp³-hybridized carbons (Fsp3) is 0.533. The SMILES string of the molecule is COCC(CNC(=O)C1Cc2ccccc2CN1)OC. The summed E-state index contributed by atoms with van der Waals surface area (Å²) in [6.45, 7) is 1.67. The van der Waals surface area contributed by atoms with Crippen molar-refractivity contribution in [3.05, 3.63) is 35.4 Å². The van der Waals surface area contributed by atoms with Crippen molar-refractivity contribution >= 4 is 5.91 Å². The lowest BCUT2D eigenvalue weighted by atomic mass is 9.95. The van der Waals surface area contributed by atoms with Gasteiger partial charge in [0, 0.05) is 27.3 Å². The van der Waals surface area contributed by atoms with Crippen LogP contribution in [0.25, 0.3) is 0 Å². The standard InChI is InChI=1S/C15H22N2O3/c1-19-10-13(20-2)9-17-15(18)14-7-11-5-3-4-6-12(11)8-16-14/h3-6,13-14,16H,7-10H2,1-2H3,(H,17,18). The average Bonchev–Trinajstić information content (AvgIpc) is 2.50. The Morgan fingerprint density at radius 2 is 2.15 bits per heavy atom. The minimum atomic E-state index is -0.176. The Morgan fingerprint density at radius 1 is 1.40 bits per heavy atom. The van der Waals surface area contributed by atoms with Gasteiger partial charge in [0.1, 0.15) is 0 Å². The molecule has 5 nitrogen and oxygen atoms in total. The topological polar surface area (TPSA) is 59.6 Å². The summed E-state index contributed by atoms with van der Waals surface area (Å²) >= 11 is 0. The van der Waals surface area contributed by atoms with Gasteiger partial charge in [-0.3, -0.25) is 4.79 Å². The molecule has 2 rings (SSSR count). The number of hydrogen-bond donors (Lipinski definition) is 2. The predicted molar refractivity (Wildman–Crippen MR) is 76.5 cm³/mol. The second kappa shape index (κ2) is 7.38. The second-order valence-electron chi connectivity index (χ2n) is 4.96. The maximum atomic E-state index is 12.2.